The van der Waals surface area contributed by atoms with E-state index in [9.17, 15) is 9.18 Å². The highest BCUT2D eigenvalue weighted by atomic mass is 19.1. The van der Waals surface area contributed by atoms with Crippen LogP contribution >= 0.6 is 0 Å². The highest BCUT2D eigenvalue weighted by Crippen LogP contribution is 2.41. The third-order valence-corrected chi connectivity index (χ3v) is 6.80. The first-order chi connectivity index (χ1) is 16.0. The number of carbonyl (C=O) groups is 1. The van der Waals surface area contributed by atoms with Crippen LogP contribution < -0.4 is 4.74 Å². The van der Waals surface area contributed by atoms with Gasteiger partial charge >= 0.3 is 0 Å². The van der Waals surface area contributed by atoms with E-state index >= 15 is 0 Å². The van der Waals surface area contributed by atoms with E-state index in [1.54, 1.807) is 19.5 Å². The van der Waals surface area contributed by atoms with Crippen molar-refractivity contribution in [2.75, 3.05) is 7.11 Å². The fraction of sp³-hybridized carbons (Fsp3) is 0.333. The number of hydrogen-bond acceptors (Lipinski definition) is 3. The van der Waals surface area contributed by atoms with Crippen molar-refractivity contribution in [1.82, 2.24) is 14.5 Å². The highest BCUT2D eigenvalue weighted by Gasteiger charge is 2.40. The minimum Gasteiger partial charge on any atom is -0.495 e. The number of nitrogens with zero attached hydrogens (tertiary/aromatic N) is 3. The van der Waals surface area contributed by atoms with Gasteiger partial charge in [-0.25, -0.2) is 9.37 Å². The van der Waals surface area contributed by atoms with Crippen molar-refractivity contribution >= 4 is 12.0 Å². The Bertz CT molecular complexity index is 1220. The van der Waals surface area contributed by atoms with Crippen LogP contribution in [0.3, 0.4) is 0 Å². The summed E-state index contributed by atoms with van der Waals surface area (Å²) in [7, 11) is 1.64. The lowest BCUT2D eigenvalue weighted by Crippen LogP contribution is -2.49. The van der Waals surface area contributed by atoms with Gasteiger partial charge in [-0.3, -0.25) is 4.79 Å². The van der Waals surface area contributed by atoms with Crippen LogP contribution in [-0.2, 0) is 4.79 Å². The van der Waals surface area contributed by atoms with Crippen molar-refractivity contribution < 1.29 is 13.9 Å². The molecule has 0 radical (unpaired) electrons. The van der Waals surface area contributed by atoms with Gasteiger partial charge in [0.15, 0.2) is 0 Å². The topological polar surface area (TPSA) is 47.4 Å². The first-order valence-corrected chi connectivity index (χ1v) is 11.5. The largest absolute Gasteiger partial charge is 0.495 e. The zero-order chi connectivity index (χ0) is 22.9. The van der Waals surface area contributed by atoms with Crippen LogP contribution in [0.1, 0.15) is 55.0 Å². The van der Waals surface area contributed by atoms with Gasteiger partial charge in [0.05, 0.1) is 30.9 Å². The molecule has 2 aromatic carbocycles. The number of carbonyl (C=O) groups excluding carboxylic acids is 1. The Kier molecular flexibility index (Phi) is 5.75. The van der Waals surface area contributed by atoms with E-state index in [0.717, 1.165) is 54.6 Å². The SMILES string of the molecule is COc1cc(/C=C2\CCC3CCCC(c4ccccc4F)N3C2=O)ccc1-n1cnc(C)c1. The van der Waals surface area contributed by atoms with Crippen LogP contribution in [0.4, 0.5) is 4.39 Å². The molecule has 1 amide bonds. The smallest absolute Gasteiger partial charge is 0.250 e. The predicted octanol–water partition coefficient (Wildman–Crippen LogP) is 5.63. The van der Waals surface area contributed by atoms with Crippen LogP contribution in [0.25, 0.3) is 11.8 Å². The third kappa shape index (κ3) is 4.06. The molecule has 2 aliphatic heterocycles. The van der Waals surface area contributed by atoms with Gasteiger partial charge in [0.2, 0.25) is 0 Å². The van der Waals surface area contributed by atoms with Crippen molar-refractivity contribution in [1.29, 1.82) is 0 Å². The number of amides is 1. The summed E-state index contributed by atoms with van der Waals surface area (Å²) in [5.74, 6) is 0.500. The van der Waals surface area contributed by atoms with Gasteiger partial charge in [-0.05, 0) is 68.9 Å². The fourth-order valence-corrected chi connectivity index (χ4v) is 5.20. The first-order valence-electron chi connectivity index (χ1n) is 11.5. The lowest BCUT2D eigenvalue weighted by molar-refractivity contribution is -0.136. The number of rotatable bonds is 4. The third-order valence-electron chi connectivity index (χ3n) is 6.80. The second kappa shape index (κ2) is 8.85. The van der Waals surface area contributed by atoms with Crippen molar-refractivity contribution in [3.05, 3.63) is 83.2 Å². The Balaban J connectivity index is 1.46. The quantitative estimate of drug-likeness (QED) is 0.489. The number of hydrogen-bond donors (Lipinski definition) is 0. The highest BCUT2D eigenvalue weighted by molar-refractivity contribution is 5.99. The maximum atomic E-state index is 14.6. The summed E-state index contributed by atoms with van der Waals surface area (Å²) in [5, 5.41) is 0. The van der Waals surface area contributed by atoms with Gasteiger partial charge in [-0.15, -0.1) is 0 Å². The lowest BCUT2D eigenvalue weighted by atomic mass is 9.83. The Morgan fingerprint density at radius 2 is 2.00 bits per heavy atom. The summed E-state index contributed by atoms with van der Waals surface area (Å²) in [4.78, 5) is 19.8. The molecular formula is C27H28FN3O2. The van der Waals surface area contributed by atoms with Gasteiger partial charge in [-0.2, -0.15) is 0 Å². The van der Waals surface area contributed by atoms with Gasteiger partial charge < -0.3 is 14.2 Å². The average Bonchev–Trinajstić information content (AvgIpc) is 3.27. The molecule has 5 nitrogen and oxygen atoms in total. The minimum absolute atomic E-state index is 0.0208. The summed E-state index contributed by atoms with van der Waals surface area (Å²) in [5.41, 5.74) is 4.12. The second-order valence-corrected chi connectivity index (χ2v) is 8.90. The Hall–Kier alpha value is -3.41. The summed E-state index contributed by atoms with van der Waals surface area (Å²) in [6.07, 6.45) is 10.1. The second-order valence-electron chi connectivity index (χ2n) is 8.90. The van der Waals surface area contributed by atoms with Crippen molar-refractivity contribution in [2.45, 2.75) is 51.1 Å². The molecule has 6 heteroatoms. The summed E-state index contributed by atoms with van der Waals surface area (Å²) in [6, 6.07) is 12.7. The Morgan fingerprint density at radius 3 is 2.76 bits per heavy atom. The number of benzene rings is 2. The summed E-state index contributed by atoms with van der Waals surface area (Å²) < 4.78 is 22.1. The minimum atomic E-state index is -0.234. The molecule has 0 saturated carbocycles. The van der Waals surface area contributed by atoms with Crippen LogP contribution in [0.15, 0.2) is 60.6 Å². The van der Waals surface area contributed by atoms with E-state index < -0.39 is 0 Å². The van der Waals surface area contributed by atoms with E-state index in [-0.39, 0.29) is 23.8 Å². The molecule has 5 rings (SSSR count). The number of halogens is 1. The maximum absolute atomic E-state index is 14.6. The average molecular weight is 446 g/mol. The molecule has 0 bridgehead atoms. The van der Waals surface area contributed by atoms with Gasteiger partial charge in [0.1, 0.15) is 11.6 Å². The fourth-order valence-electron chi connectivity index (χ4n) is 5.20. The van der Waals surface area contributed by atoms with Crippen LogP contribution in [-0.4, -0.2) is 33.5 Å². The standard InChI is InChI=1S/C27H28FN3O2/c1-18-16-30(17-29-18)25-13-10-19(15-26(25)33-2)14-20-11-12-21-6-5-9-24(31(21)27(20)32)22-7-3-4-8-23(22)28/h3-4,7-8,10,13-17,21,24H,5-6,9,11-12H2,1-2H3/b20-14+. The molecule has 2 fully saturated rings. The number of imidazole rings is 1. The van der Waals surface area contributed by atoms with E-state index in [1.165, 1.54) is 6.07 Å². The van der Waals surface area contributed by atoms with Gasteiger partial charge in [0.25, 0.3) is 5.91 Å². The molecule has 1 aromatic heterocycles. The zero-order valence-corrected chi connectivity index (χ0v) is 19.0. The number of aromatic nitrogens is 2. The monoisotopic (exact) mass is 445 g/mol. The zero-order valence-electron chi connectivity index (χ0n) is 19.0. The molecular weight excluding hydrogens is 417 g/mol. The predicted molar refractivity (Wildman–Crippen MR) is 126 cm³/mol. The molecule has 0 aliphatic carbocycles. The number of methoxy groups -OCH3 is 1. The summed E-state index contributed by atoms with van der Waals surface area (Å²) >= 11 is 0. The van der Waals surface area contributed by atoms with E-state index in [4.69, 9.17) is 4.74 Å². The van der Waals surface area contributed by atoms with Gasteiger partial charge in [-0.1, -0.05) is 24.3 Å². The van der Waals surface area contributed by atoms with Crippen LogP contribution in [0, 0.1) is 12.7 Å². The number of piperidine rings is 2. The normalized spacial score (nSPS) is 21.8. The molecule has 0 spiro atoms. The molecule has 0 N–H and O–H groups in total. The molecule has 2 aliphatic rings. The molecule has 170 valence electrons. The number of fused-ring (bicyclic) bond motifs is 1. The van der Waals surface area contributed by atoms with E-state index in [0.29, 0.717) is 11.3 Å². The van der Waals surface area contributed by atoms with Gasteiger partial charge in [0, 0.05) is 23.4 Å². The van der Waals surface area contributed by atoms with Crippen molar-refractivity contribution in [2.24, 2.45) is 0 Å². The lowest BCUT2D eigenvalue weighted by Gasteiger charge is -2.46. The van der Waals surface area contributed by atoms with E-state index in [1.807, 2.05) is 59.0 Å². The molecule has 2 unspecified atom stereocenters. The maximum Gasteiger partial charge on any atom is 0.250 e. The van der Waals surface area contributed by atoms with Crippen molar-refractivity contribution in [3.63, 3.8) is 0 Å². The van der Waals surface area contributed by atoms with Crippen LogP contribution in [0.2, 0.25) is 0 Å². The number of aryl methyl sites for hydroxylation is 1. The van der Waals surface area contributed by atoms with E-state index in [2.05, 4.69) is 4.98 Å². The number of ether oxygens (including phenoxy) is 1. The molecule has 2 saturated heterocycles. The Morgan fingerprint density at radius 1 is 1.15 bits per heavy atom. The molecule has 3 aromatic rings. The first kappa shape index (κ1) is 21.4. The van der Waals surface area contributed by atoms with Crippen LogP contribution in [0.5, 0.6) is 5.75 Å². The van der Waals surface area contributed by atoms with Crippen molar-refractivity contribution in [3.8, 4) is 11.4 Å². The summed E-state index contributed by atoms with van der Waals surface area (Å²) in [6.45, 7) is 1.94. The molecule has 33 heavy (non-hydrogen) atoms. The molecule has 2 atom stereocenters. The molecule has 3 heterocycles. The Labute approximate surface area is 193 Å².